The Bertz CT molecular complexity index is 593. The second-order valence-corrected chi connectivity index (χ2v) is 8.10. The smallest absolute Gasteiger partial charge is 0.451 e. The predicted molar refractivity (Wildman–Crippen MR) is 112 cm³/mol. The Hall–Kier alpha value is -1.41. The SMILES string of the molecule is CCCC(c1ccccc1)N1CCC([C@](N)(CCCCB(O)O)C(=O)O)CC1. The van der Waals surface area contributed by atoms with E-state index in [1.54, 1.807) is 0 Å². The van der Waals surface area contributed by atoms with Crippen LogP contribution in [0.4, 0.5) is 0 Å². The maximum Gasteiger partial charge on any atom is 0.451 e. The zero-order valence-corrected chi connectivity index (χ0v) is 17.0. The number of hydrogen-bond donors (Lipinski definition) is 4. The van der Waals surface area contributed by atoms with Crippen LogP contribution >= 0.6 is 0 Å². The van der Waals surface area contributed by atoms with E-state index in [4.69, 9.17) is 15.8 Å². The van der Waals surface area contributed by atoms with Gasteiger partial charge in [-0.2, -0.15) is 0 Å². The Morgan fingerprint density at radius 2 is 1.89 bits per heavy atom. The zero-order chi connectivity index (χ0) is 20.6. The lowest BCUT2D eigenvalue weighted by molar-refractivity contribution is -0.147. The van der Waals surface area contributed by atoms with Crippen molar-refractivity contribution < 1.29 is 19.9 Å². The Morgan fingerprint density at radius 3 is 2.43 bits per heavy atom. The number of benzene rings is 1. The van der Waals surface area contributed by atoms with Gasteiger partial charge in [-0.05, 0) is 56.6 Å². The molecule has 1 aromatic carbocycles. The average Bonchev–Trinajstić information content (AvgIpc) is 2.70. The molecule has 0 spiro atoms. The average molecular weight is 390 g/mol. The highest BCUT2D eigenvalue weighted by Gasteiger charge is 2.43. The van der Waals surface area contributed by atoms with Gasteiger partial charge in [-0.3, -0.25) is 9.69 Å². The van der Waals surface area contributed by atoms with Crippen LogP contribution in [0.15, 0.2) is 30.3 Å². The molecule has 28 heavy (non-hydrogen) atoms. The van der Waals surface area contributed by atoms with E-state index in [0.29, 0.717) is 25.3 Å². The van der Waals surface area contributed by atoms with Crippen molar-refractivity contribution in [3.05, 3.63) is 35.9 Å². The summed E-state index contributed by atoms with van der Waals surface area (Å²) in [6, 6.07) is 10.9. The molecular formula is C21H35BN2O4. The number of unbranched alkanes of at least 4 members (excludes halogenated alkanes) is 1. The van der Waals surface area contributed by atoms with Crippen LogP contribution in [0, 0.1) is 5.92 Å². The van der Waals surface area contributed by atoms with Crippen molar-refractivity contribution in [2.75, 3.05) is 13.1 Å². The molecule has 1 saturated heterocycles. The van der Waals surface area contributed by atoms with Crippen molar-refractivity contribution in [3.63, 3.8) is 0 Å². The summed E-state index contributed by atoms with van der Waals surface area (Å²) >= 11 is 0. The lowest BCUT2D eigenvalue weighted by atomic mass is 9.74. The molecule has 7 heteroatoms. The van der Waals surface area contributed by atoms with Crippen LogP contribution in [0.2, 0.25) is 6.32 Å². The number of likely N-dealkylation sites (tertiary alicyclic amines) is 1. The fraction of sp³-hybridized carbons (Fsp3) is 0.667. The summed E-state index contributed by atoms with van der Waals surface area (Å²) in [5.74, 6) is -0.998. The molecule has 1 aliphatic rings. The van der Waals surface area contributed by atoms with Crippen LogP contribution in [-0.2, 0) is 4.79 Å². The molecule has 1 unspecified atom stereocenters. The third kappa shape index (κ3) is 6.04. The number of aliphatic carboxylic acids is 1. The summed E-state index contributed by atoms with van der Waals surface area (Å²) in [6.45, 7) is 3.90. The predicted octanol–water partition coefficient (Wildman–Crippen LogP) is 2.67. The van der Waals surface area contributed by atoms with Gasteiger partial charge >= 0.3 is 13.1 Å². The van der Waals surface area contributed by atoms with Crippen LogP contribution in [0.25, 0.3) is 0 Å². The van der Waals surface area contributed by atoms with Gasteiger partial charge in [0.05, 0.1) is 0 Å². The number of nitrogens with two attached hydrogens (primary N) is 1. The minimum Gasteiger partial charge on any atom is -0.480 e. The Labute approximate surface area is 168 Å². The van der Waals surface area contributed by atoms with Gasteiger partial charge in [-0.15, -0.1) is 0 Å². The number of piperidine rings is 1. The fourth-order valence-corrected chi connectivity index (χ4v) is 4.47. The van der Waals surface area contributed by atoms with Gasteiger partial charge in [0, 0.05) is 6.04 Å². The molecule has 1 aromatic rings. The molecule has 2 atom stereocenters. The highest BCUT2D eigenvalue weighted by atomic mass is 16.4. The van der Waals surface area contributed by atoms with E-state index in [1.807, 2.05) is 6.07 Å². The largest absolute Gasteiger partial charge is 0.480 e. The van der Waals surface area contributed by atoms with E-state index >= 15 is 0 Å². The zero-order valence-electron chi connectivity index (χ0n) is 17.0. The second-order valence-electron chi connectivity index (χ2n) is 8.10. The van der Waals surface area contributed by atoms with Crippen LogP contribution in [0.5, 0.6) is 0 Å². The minimum atomic E-state index is -1.34. The topological polar surface area (TPSA) is 107 Å². The van der Waals surface area contributed by atoms with Crippen molar-refractivity contribution in [1.29, 1.82) is 0 Å². The molecule has 0 aromatic heterocycles. The fourth-order valence-electron chi connectivity index (χ4n) is 4.47. The Morgan fingerprint density at radius 1 is 1.25 bits per heavy atom. The van der Waals surface area contributed by atoms with Gasteiger partial charge in [0.1, 0.15) is 5.54 Å². The molecule has 5 N–H and O–H groups in total. The summed E-state index contributed by atoms with van der Waals surface area (Å²) < 4.78 is 0. The second kappa shape index (κ2) is 11.0. The molecule has 0 amide bonds. The van der Waals surface area contributed by atoms with E-state index in [-0.39, 0.29) is 12.2 Å². The summed E-state index contributed by atoms with van der Waals surface area (Å²) in [5, 5.41) is 27.7. The van der Waals surface area contributed by atoms with Crippen LogP contribution < -0.4 is 5.73 Å². The molecule has 1 aliphatic heterocycles. The summed E-state index contributed by atoms with van der Waals surface area (Å²) in [4.78, 5) is 14.4. The van der Waals surface area contributed by atoms with Crippen molar-refractivity contribution in [1.82, 2.24) is 4.90 Å². The molecule has 156 valence electrons. The Kier molecular flexibility index (Phi) is 8.95. The van der Waals surface area contributed by atoms with E-state index in [1.165, 1.54) is 5.56 Å². The number of hydrogen-bond acceptors (Lipinski definition) is 5. The quantitative estimate of drug-likeness (QED) is 0.342. The third-order valence-electron chi connectivity index (χ3n) is 6.15. The first-order chi connectivity index (χ1) is 13.4. The molecule has 0 bridgehead atoms. The highest BCUT2D eigenvalue weighted by Crippen LogP contribution is 2.35. The monoisotopic (exact) mass is 390 g/mol. The van der Waals surface area contributed by atoms with Gasteiger partial charge in [-0.1, -0.05) is 56.5 Å². The standard InChI is InChI=1S/C21H35BN2O4/c1-2-8-19(17-9-4-3-5-10-17)24-15-11-18(12-16-24)21(23,20(25)26)13-6-7-14-22(27)28/h3-5,9-10,18-19,27-28H,2,6-8,11-16,23H2,1H3,(H,25,26)/t19?,21-/m1/s1. The first-order valence-electron chi connectivity index (χ1n) is 10.6. The first-order valence-corrected chi connectivity index (χ1v) is 10.6. The minimum absolute atomic E-state index is 0.0571. The number of carboxylic acid groups (broad SMARTS) is 1. The van der Waals surface area contributed by atoms with Gasteiger partial charge in [0.25, 0.3) is 0 Å². The van der Waals surface area contributed by atoms with E-state index < -0.39 is 18.6 Å². The maximum absolute atomic E-state index is 12.0. The first kappa shape index (κ1) is 22.9. The highest BCUT2D eigenvalue weighted by molar-refractivity contribution is 6.40. The molecule has 0 aliphatic carbocycles. The van der Waals surface area contributed by atoms with Gasteiger partial charge in [-0.25, -0.2) is 0 Å². The van der Waals surface area contributed by atoms with Crippen molar-refractivity contribution in [2.24, 2.45) is 11.7 Å². The summed E-state index contributed by atoms with van der Waals surface area (Å²) in [6.07, 6.45) is 5.52. The molecule has 1 heterocycles. The molecule has 1 fully saturated rings. The van der Waals surface area contributed by atoms with Crippen LogP contribution in [0.1, 0.15) is 63.5 Å². The Balaban J connectivity index is 1.98. The molecule has 6 nitrogen and oxygen atoms in total. The number of carboxylic acids is 1. The van der Waals surface area contributed by atoms with Crippen LogP contribution in [-0.4, -0.2) is 51.8 Å². The van der Waals surface area contributed by atoms with E-state index in [9.17, 15) is 9.90 Å². The number of carbonyl (C=O) groups is 1. The van der Waals surface area contributed by atoms with Crippen LogP contribution in [0.3, 0.4) is 0 Å². The van der Waals surface area contributed by atoms with E-state index in [2.05, 4.69) is 36.1 Å². The lowest BCUT2D eigenvalue weighted by Crippen LogP contribution is -2.57. The molecule has 0 radical (unpaired) electrons. The normalized spacial score (nSPS) is 19.1. The van der Waals surface area contributed by atoms with Gasteiger partial charge < -0.3 is 20.9 Å². The third-order valence-corrected chi connectivity index (χ3v) is 6.15. The molecular weight excluding hydrogens is 355 g/mol. The molecule has 2 rings (SSSR count). The van der Waals surface area contributed by atoms with Crippen molar-refractivity contribution in [3.8, 4) is 0 Å². The maximum atomic E-state index is 12.0. The summed E-state index contributed by atoms with van der Waals surface area (Å²) in [7, 11) is -1.34. The van der Waals surface area contributed by atoms with E-state index in [0.717, 1.165) is 38.8 Å². The van der Waals surface area contributed by atoms with Crippen molar-refractivity contribution in [2.45, 2.75) is 69.8 Å². The van der Waals surface area contributed by atoms with Gasteiger partial charge in [0.15, 0.2) is 0 Å². The lowest BCUT2D eigenvalue weighted by Gasteiger charge is -2.43. The van der Waals surface area contributed by atoms with Crippen molar-refractivity contribution >= 4 is 13.1 Å². The molecule has 0 saturated carbocycles. The number of rotatable bonds is 11. The number of nitrogens with zero attached hydrogens (tertiary/aromatic N) is 1. The summed E-state index contributed by atoms with van der Waals surface area (Å²) in [5.41, 5.74) is 6.47. The van der Waals surface area contributed by atoms with Gasteiger partial charge in [0.2, 0.25) is 0 Å².